The van der Waals surface area contributed by atoms with Gasteiger partial charge in [0.05, 0.1) is 7.11 Å². The normalized spacial score (nSPS) is 10.2. The van der Waals surface area contributed by atoms with Crippen LogP contribution in [0.25, 0.3) is 11.4 Å². The van der Waals surface area contributed by atoms with Gasteiger partial charge in [0.25, 0.3) is 0 Å². The number of carboxylic acids is 1. The van der Waals surface area contributed by atoms with Gasteiger partial charge >= 0.3 is 5.97 Å². The van der Waals surface area contributed by atoms with E-state index in [9.17, 15) is 4.79 Å². The highest BCUT2D eigenvalue weighted by Gasteiger charge is 2.11. The standard InChI is InChI=1S/C12H12N2O5/c1-7-13-12(14-19-7)8-3-4-9(10(5-8)17-2)18-6-11(15)16/h3-5H,6H2,1-2H3,(H,15,16). The van der Waals surface area contributed by atoms with Crippen LogP contribution in [0.15, 0.2) is 22.7 Å². The Balaban J connectivity index is 2.27. The summed E-state index contributed by atoms with van der Waals surface area (Å²) in [5.74, 6) is 0.579. The number of carbonyl (C=O) groups is 1. The van der Waals surface area contributed by atoms with Gasteiger partial charge in [0.1, 0.15) is 0 Å². The molecule has 0 spiro atoms. The van der Waals surface area contributed by atoms with Crippen LogP contribution in [-0.4, -0.2) is 34.9 Å². The SMILES string of the molecule is COc1cc(-c2noc(C)n2)ccc1OCC(=O)O. The summed E-state index contributed by atoms with van der Waals surface area (Å²) in [5.41, 5.74) is 0.691. The number of hydrogen-bond acceptors (Lipinski definition) is 6. The Hall–Kier alpha value is -2.57. The molecule has 0 aliphatic heterocycles. The molecule has 100 valence electrons. The number of carboxylic acid groups (broad SMARTS) is 1. The third kappa shape index (κ3) is 3.01. The lowest BCUT2D eigenvalue weighted by Crippen LogP contribution is -2.10. The summed E-state index contributed by atoms with van der Waals surface area (Å²) in [6.45, 7) is 1.26. The number of nitrogens with zero attached hydrogens (tertiary/aromatic N) is 2. The quantitative estimate of drug-likeness (QED) is 0.874. The smallest absolute Gasteiger partial charge is 0.341 e. The predicted molar refractivity (Wildman–Crippen MR) is 64.2 cm³/mol. The summed E-state index contributed by atoms with van der Waals surface area (Å²) in [4.78, 5) is 14.6. The minimum Gasteiger partial charge on any atom is -0.493 e. The van der Waals surface area contributed by atoms with Gasteiger partial charge in [-0.2, -0.15) is 4.98 Å². The second-order valence-electron chi connectivity index (χ2n) is 3.69. The van der Waals surface area contributed by atoms with Crippen molar-refractivity contribution in [3.63, 3.8) is 0 Å². The number of ether oxygens (including phenoxy) is 2. The largest absolute Gasteiger partial charge is 0.493 e. The van der Waals surface area contributed by atoms with Crippen molar-refractivity contribution in [1.82, 2.24) is 10.1 Å². The molecule has 0 aliphatic rings. The molecule has 0 amide bonds. The molecule has 19 heavy (non-hydrogen) atoms. The number of aromatic nitrogens is 2. The van der Waals surface area contributed by atoms with E-state index in [1.54, 1.807) is 25.1 Å². The van der Waals surface area contributed by atoms with Crippen molar-refractivity contribution in [1.29, 1.82) is 0 Å². The molecular weight excluding hydrogens is 252 g/mol. The van der Waals surface area contributed by atoms with E-state index in [1.807, 2.05) is 0 Å². The molecule has 1 aromatic heterocycles. The Morgan fingerprint density at radius 3 is 2.79 bits per heavy atom. The average Bonchev–Trinajstić information content (AvgIpc) is 2.82. The van der Waals surface area contributed by atoms with E-state index < -0.39 is 12.6 Å². The molecule has 1 N–H and O–H groups in total. The maximum absolute atomic E-state index is 10.5. The van der Waals surface area contributed by atoms with Gasteiger partial charge in [0.2, 0.25) is 11.7 Å². The Kier molecular flexibility index (Phi) is 3.65. The fraction of sp³-hybridized carbons (Fsp3) is 0.250. The maximum Gasteiger partial charge on any atom is 0.341 e. The first-order chi connectivity index (χ1) is 9.10. The van der Waals surface area contributed by atoms with Crippen LogP contribution in [0.2, 0.25) is 0 Å². The van der Waals surface area contributed by atoms with Gasteiger partial charge in [0.15, 0.2) is 18.1 Å². The third-order valence-electron chi connectivity index (χ3n) is 2.30. The van der Waals surface area contributed by atoms with Crippen LogP contribution in [0.1, 0.15) is 5.89 Å². The molecule has 1 aromatic carbocycles. The lowest BCUT2D eigenvalue weighted by Gasteiger charge is -2.09. The highest BCUT2D eigenvalue weighted by molar-refractivity contribution is 5.69. The summed E-state index contributed by atoms with van der Waals surface area (Å²) in [7, 11) is 1.47. The number of aryl methyl sites for hydroxylation is 1. The molecule has 0 aliphatic carbocycles. The Labute approximate surface area is 108 Å². The lowest BCUT2D eigenvalue weighted by molar-refractivity contribution is -0.139. The van der Waals surface area contributed by atoms with E-state index in [0.29, 0.717) is 28.8 Å². The number of aliphatic carboxylic acids is 1. The number of rotatable bonds is 5. The molecule has 0 unspecified atom stereocenters. The summed E-state index contributed by atoms with van der Waals surface area (Å²) in [6.07, 6.45) is 0. The second kappa shape index (κ2) is 5.38. The molecule has 0 bridgehead atoms. The fourth-order valence-electron chi connectivity index (χ4n) is 1.48. The van der Waals surface area contributed by atoms with Crippen LogP contribution in [0, 0.1) is 6.92 Å². The van der Waals surface area contributed by atoms with Gasteiger partial charge in [-0.15, -0.1) is 0 Å². The molecule has 7 nitrogen and oxygen atoms in total. The van der Waals surface area contributed by atoms with Crippen LogP contribution in [0.4, 0.5) is 0 Å². The lowest BCUT2D eigenvalue weighted by atomic mass is 10.2. The van der Waals surface area contributed by atoms with Gasteiger partial charge in [-0.25, -0.2) is 4.79 Å². The van der Waals surface area contributed by atoms with Crippen LogP contribution in [-0.2, 0) is 4.79 Å². The molecule has 2 aromatic rings. The van der Waals surface area contributed by atoms with Crippen molar-refractivity contribution in [2.75, 3.05) is 13.7 Å². The van der Waals surface area contributed by atoms with Gasteiger partial charge < -0.3 is 19.1 Å². The van der Waals surface area contributed by atoms with E-state index in [4.69, 9.17) is 19.1 Å². The number of hydrogen-bond donors (Lipinski definition) is 1. The second-order valence-corrected chi connectivity index (χ2v) is 3.69. The minimum atomic E-state index is -1.06. The van der Waals surface area contributed by atoms with E-state index in [2.05, 4.69) is 10.1 Å². The van der Waals surface area contributed by atoms with E-state index >= 15 is 0 Å². The third-order valence-corrected chi connectivity index (χ3v) is 2.30. The highest BCUT2D eigenvalue weighted by Crippen LogP contribution is 2.31. The highest BCUT2D eigenvalue weighted by atomic mass is 16.5. The van der Waals surface area contributed by atoms with Crippen molar-refractivity contribution >= 4 is 5.97 Å². The molecule has 0 saturated heterocycles. The van der Waals surface area contributed by atoms with Gasteiger partial charge in [-0.05, 0) is 18.2 Å². The molecule has 0 saturated carbocycles. The van der Waals surface area contributed by atoms with Crippen molar-refractivity contribution in [2.24, 2.45) is 0 Å². The fourth-order valence-corrected chi connectivity index (χ4v) is 1.48. The monoisotopic (exact) mass is 264 g/mol. The van der Waals surface area contributed by atoms with E-state index in [1.165, 1.54) is 7.11 Å². The molecule has 0 fully saturated rings. The zero-order valence-electron chi connectivity index (χ0n) is 10.4. The van der Waals surface area contributed by atoms with Crippen LogP contribution >= 0.6 is 0 Å². The minimum absolute atomic E-state index is 0.342. The summed E-state index contributed by atoms with van der Waals surface area (Å²) in [5, 5.41) is 12.4. The molecule has 0 radical (unpaired) electrons. The number of benzene rings is 1. The topological polar surface area (TPSA) is 94.7 Å². The molecule has 2 rings (SSSR count). The first kappa shape index (κ1) is 12.9. The first-order valence-corrected chi connectivity index (χ1v) is 5.43. The summed E-state index contributed by atoms with van der Waals surface area (Å²) >= 11 is 0. The van der Waals surface area contributed by atoms with Gasteiger partial charge in [0, 0.05) is 12.5 Å². The Morgan fingerprint density at radius 1 is 1.42 bits per heavy atom. The summed E-state index contributed by atoms with van der Waals surface area (Å²) in [6, 6.07) is 4.95. The average molecular weight is 264 g/mol. The molecular formula is C12H12N2O5. The zero-order valence-corrected chi connectivity index (χ0v) is 10.4. The van der Waals surface area contributed by atoms with E-state index in [0.717, 1.165) is 0 Å². The van der Waals surface area contributed by atoms with E-state index in [-0.39, 0.29) is 0 Å². The van der Waals surface area contributed by atoms with Crippen molar-refractivity contribution in [3.05, 3.63) is 24.1 Å². The molecule has 1 heterocycles. The Bertz CT molecular complexity index is 594. The number of methoxy groups -OCH3 is 1. The van der Waals surface area contributed by atoms with Crippen molar-refractivity contribution in [3.8, 4) is 22.9 Å². The van der Waals surface area contributed by atoms with Crippen molar-refractivity contribution in [2.45, 2.75) is 6.92 Å². The molecule has 0 atom stereocenters. The van der Waals surface area contributed by atoms with Gasteiger partial charge in [-0.1, -0.05) is 5.16 Å². The van der Waals surface area contributed by atoms with Crippen LogP contribution < -0.4 is 9.47 Å². The summed E-state index contributed by atoms with van der Waals surface area (Å²) < 4.78 is 15.1. The predicted octanol–water partition coefficient (Wildman–Crippen LogP) is 1.52. The first-order valence-electron chi connectivity index (χ1n) is 5.43. The van der Waals surface area contributed by atoms with Crippen LogP contribution in [0.5, 0.6) is 11.5 Å². The maximum atomic E-state index is 10.5. The van der Waals surface area contributed by atoms with Crippen molar-refractivity contribution < 1.29 is 23.9 Å². The zero-order chi connectivity index (χ0) is 13.8. The molecule has 7 heteroatoms. The Morgan fingerprint density at radius 2 is 2.21 bits per heavy atom. The van der Waals surface area contributed by atoms with Crippen LogP contribution in [0.3, 0.4) is 0 Å². The van der Waals surface area contributed by atoms with Gasteiger partial charge in [-0.3, -0.25) is 0 Å².